The van der Waals surface area contributed by atoms with E-state index in [4.69, 9.17) is 14.2 Å². The molecular formula is C19H29N3O4. The average molecular weight is 363 g/mol. The molecule has 3 aliphatic heterocycles. The number of methoxy groups -OCH3 is 1. The van der Waals surface area contributed by atoms with Gasteiger partial charge in [0.1, 0.15) is 11.9 Å². The first-order valence-corrected chi connectivity index (χ1v) is 9.40. The Morgan fingerprint density at radius 3 is 2.77 bits per heavy atom. The molecule has 3 fully saturated rings. The lowest BCUT2D eigenvalue weighted by atomic mass is 9.94. The molecule has 7 nitrogen and oxygen atoms in total. The van der Waals surface area contributed by atoms with Crippen LogP contribution in [0.25, 0.3) is 0 Å². The molecule has 7 heteroatoms. The summed E-state index contributed by atoms with van der Waals surface area (Å²) in [5, 5.41) is 14.6. The van der Waals surface area contributed by atoms with Crippen molar-refractivity contribution in [2.45, 2.75) is 37.1 Å². The van der Waals surface area contributed by atoms with Gasteiger partial charge < -0.3 is 29.5 Å². The summed E-state index contributed by atoms with van der Waals surface area (Å²) in [5.41, 5.74) is 1.07. The van der Waals surface area contributed by atoms with E-state index >= 15 is 0 Å². The van der Waals surface area contributed by atoms with E-state index in [1.165, 1.54) is 0 Å². The molecule has 1 aromatic carbocycles. The number of para-hydroxylation sites is 1. The Kier molecular flexibility index (Phi) is 5.45. The minimum absolute atomic E-state index is 0.117. The molecule has 0 saturated carbocycles. The second kappa shape index (κ2) is 7.80. The zero-order valence-corrected chi connectivity index (χ0v) is 15.5. The molecular weight excluding hydrogens is 334 g/mol. The van der Waals surface area contributed by atoms with Gasteiger partial charge >= 0.3 is 0 Å². The van der Waals surface area contributed by atoms with Crippen molar-refractivity contribution in [3.05, 3.63) is 29.8 Å². The minimum atomic E-state index is -0.528. The molecule has 0 amide bonds. The fourth-order valence-corrected chi connectivity index (χ4v) is 4.24. The highest BCUT2D eigenvalue weighted by molar-refractivity contribution is 5.33. The number of ether oxygens (including phenoxy) is 3. The highest BCUT2D eigenvalue weighted by atomic mass is 16.7. The van der Waals surface area contributed by atoms with Gasteiger partial charge in [-0.05, 0) is 13.1 Å². The van der Waals surface area contributed by atoms with Crippen LogP contribution in [0.3, 0.4) is 0 Å². The topological polar surface area (TPSA) is 66.4 Å². The molecule has 2 bridgehead atoms. The number of aliphatic hydroxyl groups excluding tert-OH is 1. The Balaban J connectivity index is 1.45. The van der Waals surface area contributed by atoms with Gasteiger partial charge in [0, 0.05) is 38.3 Å². The normalized spacial score (nSPS) is 35.6. The lowest BCUT2D eigenvalue weighted by Gasteiger charge is -2.46. The number of nitrogens with one attached hydrogen (secondary N) is 1. The number of hydrogen-bond donors (Lipinski definition) is 2. The van der Waals surface area contributed by atoms with Gasteiger partial charge in [-0.3, -0.25) is 4.90 Å². The molecule has 0 aromatic heterocycles. The van der Waals surface area contributed by atoms with E-state index in [2.05, 4.69) is 22.2 Å². The van der Waals surface area contributed by atoms with Crippen LogP contribution in [0.15, 0.2) is 24.3 Å². The molecule has 3 aliphatic rings. The maximum atomic E-state index is 11.1. The summed E-state index contributed by atoms with van der Waals surface area (Å²) >= 11 is 0. The van der Waals surface area contributed by atoms with E-state index < -0.39 is 6.10 Å². The van der Waals surface area contributed by atoms with Crippen molar-refractivity contribution in [3.63, 3.8) is 0 Å². The molecule has 5 unspecified atom stereocenters. The quantitative estimate of drug-likeness (QED) is 0.756. The van der Waals surface area contributed by atoms with E-state index in [0.29, 0.717) is 13.2 Å². The minimum Gasteiger partial charge on any atom is -0.496 e. The average Bonchev–Trinajstić information content (AvgIpc) is 3.08. The molecule has 26 heavy (non-hydrogen) atoms. The lowest BCUT2D eigenvalue weighted by Crippen LogP contribution is -2.66. The van der Waals surface area contributed by atoms with Crippen LogP contribution in [0.1, 0.15) is 5.56 Å². The van der Waals surface area contributed by atoms with Crippen molar-refractivity contribution < 1.29 is 19.3 Å². The summed E-state index contributed by atoms with van der Waals surface area (Å²) in [6.07, 6.45) is -0.976. The van der Waals surface area contributed by atoms with Crippen molar-refractivity contribution in [2.75, 3.05) is 46.9 Å². The smallest absolute Gasteiger partial charge is 0.176 e. The molecule has 144 valence electrons. The van der Waals surface area contributed by atoms with Gasteiger partial charge in [-0.25, -0.2) is 0 Å². The van der Waals surface area contributed by atoms with Crippen LogP contribution in [0.4, 0.5) is 0 Å². The first kappa shape index (κ1) is 18.2. The van der Waals surface area contributed by atoms with E-state index in [1.54, 1.807) is 7.11 Å². The van der Waals surface area contributed by atoms with E-state index in [0.717, 1.165) is 37.5 Å². The second-order valence-corrected chi connectivity index (χ2v) is 7.42. The zero-order valence-electron chi connectivity index (χ0n) is 15.5. The molecule has 1 aromatic rings. The summed E-state index contributed by atoms with van der Waals surface area (Å²) in [7, 11) is 3.81. The summed E-state index contributed by atoms with van der Waals surface area (Å²) in [6, 6.07) is 7.65. The fraction of sp³-hybridized carbons (Fsp3) is 0.684. The van der Waals surface area contributed by atoms with Crippen molar-refractivity contribution >= 4 is 0 Å². The Morgan fingerprint density at radius 1 is 1.23 bits per heavy atom. The predicted molar refractivity (Wildman–Crippen MR) is 97.1 cm³/mol. The number of piperazine rings is 1. The third-order valence-electron chi connectivity index (χ3n) is 5.81. The van der Waals surface area contributed by atoms with Crippen LogP contribution in [0.5, 0.6) is 5.75 Å². The third-order valence-corrected chi connectivity index (χ3v) is 5.81. The van der Waals surface area contributed by atoms with Crippen LogP contribution in [-0.4, -0.2) is 92.4 Å². The first-order chi connectivity index (χ1) is 12.7. The monoisotopic (exact) mass is 363 g/mol. The zero-order chi connectivity index (χ0) is 18.1. The highest BCUT2D eigenvalue weighted by Gasteiger charge is 2.52. The van der Waals surface area contributed by atoms with Gasteiger partial charge in [-0.2, -0.15) is 0 Å². The van der Waals surface area contributed by atoms with Crippen LogP contribution >= 0.6 is 0 Å². The van der Waals surface area contributed by atoms with Crippen LogP contribution in [0.2, 0.25) is 0 Å². The van der Waals surface area contributed by atoms with Gasteiger partial charge in [0.15, 0.2) is 6.29 Å². The Labute approximate surface area is 154 Å². The maximum Gasteiger partial charge on any atom is 0.176 e. The number of fused-ring (bicyclic) bond motifs is 2. The molecule has 0 radical (unpaired) electrons. The number of nitrogens with zero attached hydrogens (tertiary/aromatic N) is 2. The largest absolute Gasteiger partial charge is 0.496 e. The van der Waals surface area contributed by atoms with Crippen LogP contribution in [-0.2, 0) is 16.0 Å². The second-order valence-electron chi connectivity index (χ2n) is 7.42. The van der Waals surface area contributed by atoms with Crippen molar-refractivity contribution in [3.8, 4) is 5.75 Å². The lowest BCUT2D eigenvalue weighted by molar-refractivity contribution is -0.186. The number of hydrogen-bond acceptors (Lipinski definition) is 7. The third kappa shape index (κ3) is 3.47. The molecule has 3 heterocycles. The fourth-order valence-electron chi connectivity index (χ4n) is 4.24. The first-order valence-electron chi connectivity index (χ1n) is 9.40. The van der Waals surface area contributed by atoms with Crippen LogP contribution < -0.4 is 10.1 Å². The molecule has 5 atom stereocenters. The van der Waals surface area contributed by atoms with Gasteiger partial charge in [0.2, 0.25) is 0 Å². The standard InChI is InChI=1S/C19H29N3O4/c1-21-7-9-22(10-8-21)17-18(23)16(15-12-25-19(17)26-15)20-11-13-5-3-4-6-14(13)24-2/h3-6,15-20,23H,7-12H2,1-2H3. The Hall–Kier alpha value is -1.22. The van der Waals surface area contributed by atoms with E-state index in [9.17, 15) is 5.11 Å². The van der Waals surface area contributed by atoms with Crippen molar-refractivity contribution in [1.29, 1.82) is 0 Å². The summed E-state index contributed by atoms with van der Waals surface area (Å²) in [6.45, 7) is 4.98. The number of likely N-dealkylation sites (N-methyl/N-ethyl adjacent to an activating group) is 1. The number of rotatable bonds is 5. The molecule has 0 spiro atoms. The van der Waals surface area contributed by atoms with Gasteiger partial charge in [0.05, 0.1) is 31.9 Å². The molecule has 2 N–H and O–H groups in total. The summed E-state index contributed by atoms with van der Waals surface area (Å²) < 4.78 is 17.4. The molecule has 0 aliphatic carbocycles. The highest BCUT2D eigenvalue weighted by Crippen LogP contribution is 2.32. The van der Waals surface area contributed by atoms with Crippen molar-refractivity contribution in [1.82, 2.24) is 15.1 Å². The van der Waals surface area contributed by atoms with E-state index in [-0.39, 0.29) is 24.5 Å². The van der Waals surface area contributed by atoms with Gasteiger partial charge in [-0.15, -0.1) is 0 Å². The van der Waals surface area contributed by atoms with Gasteiger partial charge in [-0.1, -0.05) is 18.2 Å². The van der Waals surface area contributed by atoms with Gasteiger partial charge in [0.25, 0.3) is 0 Å². The predicted octanol–water partition coefficient (Wildman–Crippen LogP) is -0.115. The summed E-state index contributed by atoms with van der Waals surface area (Å²) in [5.74, 6) is 0.849. The Morgan fingerprint density at radius 2 is 2.00 bits per heavy atom. The molecule has 4 rings (SSSR count). The van der Waals surface area contributed by atoms with E-state index in [1.807, 2.05) is 24.3 Å². The van der Waals surface area contributed by atoms with Crippen molar-refractivity contribution in [2.24, 2.45) is 0 Å². The number of benzene rings is 1. The maximum absolute atomic E-state index is 11.1. The SMILES string of the molecule is COc1ccccc1CNC1C2COC(O2)C(N2CCN(C)CC2)C1O. The number of aliphatic hydroxyl groups is 1. The van der Waals surface area contributed by atoms with Crippen LogP contribution in [0, 0.1) is 0 Å². The Bertz CT molecular complexity index is 608. The molecule has 3 saturated heterocycles. The summed E-state index contributed by atoms with van der Waals surface area (Å²) in [4.78, 5) is 4.62.